The van der Waals surface area contributed by atoms with Crippen LogP contribution in [0.1, 0.15) is 19.0 Å². The minimum absolute atomic E-state index is 0.192. The molecule has 0 N–H and O–H groups in total. The van der Waals surface area contributed by atoms with Gasteiger partial charge in [-0.15, -0.1) is 0 Å². The lowest BCUT2D eigenvalue weighted by Crippen LogP contribution is -2.25. The van der Waals surface area contributed by atoms with Crippen molar-refractivity contribution in [1.29, 1.82) is 0 Å². The van der Waals surface area contributed by atoms with Crippen LogP contribution in [-0.4, -0.2) is 15.6 Å². The van der Waals surface area contributed by atoms with E-state index in [4.69, 9.17) is 0 Å². The van der Waals surface area contributed by atoms with E-state index in [1.165, 1.54) is 5.69 Å². The molecule has 1 aromatic rings. The second-order valence-electron chi connectivity index (χ2n) is 3.35. The van der Waals surface area contributed by atoms with E-state index in [1.807, 2.05) is 10.7 Å². The number of carbonyl (C=O) groups is 1. The molecule has 0 fully saturated rings. The molecule has 0 amide bonds. The smallest absolute Gasteiger partial charge is 0.134 e. The van der Waals surface area contributed by atoms with Gasteiger partial charge in [-0.1, -0.05) is 0 Å². The standard InChI is InChI=1S/C9H12N2O/c1-7(12)8-2-3-9-4-5-10-11(9)6-8/h4-5,8H,2-3,6H2,1H3. The molecule has 1 atom stereocenters. The summed E-state index contributed by atoms with van der Waals surface area (Å²) in [6.07, 6.45) is 3.78. The highest BCUT2D eigenvalue weighted by Gasteiger charge is 2.21. The third-order valence-electron chi connectivity index (χ3n) is 2.52. The van der Waals surface area contributed by atoms with Crippen molar-refractivity contribution < 1.29 is 4.79 Å². The van der Waals surface area contributed by atoms with Crippen LogP contribution in [0.5, 0.6) is 0 Å². The lowest BCUT2D eigenvalue weighted by Gasteiger charge is -2.20. The van der Waals surface area contributed by atoms with Gasteiger partial charge in [-0.05, 0) is 25.8 Å². The maximum Gasteiger partial charge on any atom is 0.134 e. The van der Waals surface area contributed by atoms with Crippen molar-refractivity contribution in [2.45, 2.75) is 26.3 Å². The first kappa shape index (κ1) is 7.53. The number of hydrogen-bond donors (Lipinski definition) is 0. The molecule has 0 saturated heterocycles. The van der Waals surface area contributed by atoms with Crippen LogP contribution in [0.2, 0.25) is 0 Å². The molecule has 1 aromatic heterocycles. The number of nitrogens with zero attached hydrogens (tertiary/aromatic N) is 2. The fraction of sp³-hybridized carbons (Fsp3) is 0.556. The molecule has 0 spiro atoms. The first-order chi connectivity index (χ1) is 5.77. The Hall–Kier alpha value is -1.12. The summed E-state index contributed by atoms with van der Waals surface area (Å²) in [4.78, 5) is 11.1. The molecule has 0 bridgehead atoms. The molecule has 0 aliphatic carbocycles. The van der Waals surface area contributed by atoms with E-state index < -0.39 is 0 Å². The zero-order valence-corrected chi connectivity index (χ0v) is 7.16. The van der Waals surface area contributed by atoms with Crippen molar-refractivity contribution in [3.8, 4) is 0 Å². The van der Waals surface area contributed by atoms with Crippen LogP contribution in [0.3, 0.4) is 0 Å². The summed E-state index contributed by atoms with van der Waals surface area (Å²) in [6.45, 7) is 2.44. The summed E-state index contributed by atoms with van der Waals surface area (Å²) in [5.41, 5.74) is 1.26. The summed E-state index contributed by atoms with van der Waals surface area (Å²) in [7, 11) is 0. The largest absolute Gasteiger partial charge is 0.300 e. The van der Waals surface area contributed by atoms with Gasteiger partial charge in [0, 0.05) is 17.8 Å². The number of carbonyl (C=O) groups excluding carboxylic acids is 1. The van der Waals surface area contributed by atoms with Crippen molar-refractivity contribution in [3.05, 3.63) is 18.0 Å². The molecule has 1 unspecified atom stereocenters. The number of rotatable bonds is 1. The Balaban J connectivity index is 2.20. The van der Waals surface area contributed by atoms with Gasteiger partial charge in [-0.2, -0.15) is 5.10 Å². The molecule has 0 saturated carbocycles. The molecule has 3 nitrogen and oxygen atoms in total. The topological polar surface area (TPSA) is 34.9 Å². The lowest BCUT2D eigenvalue weighted by atomic mass is 9.95. The van der Waals surface area contributed by atoms with E-state index in [9.17, 15) is 4.79 Å². The van der Waals surface area contributed by atoms with Crippen LogP contribution in [0.4, 0.5) is 0 Å². The minimum atomic E-state index is 0.192. The first-order valence-electron chi connectivity index (χ1n) is 4.28. The lowest BCUT2D eigenvalue weighted by molar-refractivity contribution is -0.121. The zero-order chi connectivity index (χ0) is 8.55. The third-order valence-corrected chi connectivity index (χ3v) is 2.52. The summed E-state index contributed by atoms with van der Waals surface area (Å²) in [6, 6.07) is 2.02. The summed E-state index contributed by atoms with van der Waals surface area (Å²) in [5, 5.41) is 4.15. The van der Waals surface area contributed by atoms with Crippen LogP contribution >= 0.6 is 0 Å². The SMILES string of the molecule is CC(=O)C1CCc2ccnn2C1. The Morgan fingerprint density at radius 3 is 3.33 bits per heavy atom. The quantitative estimate of drug-likeness (QED) is 0.621. The van der Waals surface area contributed by atoms with E-state index in [0.717, 1.165) is 19.4 Å². The molecule has 3 heteroatoms. The average Bonchev–Trinajstić information content (AvgIpc) is 2.49. The van der Waals surface area contributed by atoms with E-state index in [1.54, 1.807) is 13.1 Å². The second kappa shape index (κ2) is 2.73. The van der Waals surface area contributed by atoms with Gasteiger partial charge >= 0.3 is 0 Å². The molecular weight excluding hydrogens is 152 g/mol. The van der Waals surface area contributed by atoms with E-state index in [2.05, 4.69) is 5.10 Å². The Morgan fingerprint density at radius 1 is 1.75 bits per heavy atom. The van der Waals surface area contributed by atoms with Crippen LogP contribution in [0, 0.1) is 5.92 Å². The molecule has 2 heterocycles. The minimum Gasteiger partial charge on any atom is -0.300 e. The van der Waals surface area contributed by atoms with Crippen molar-refractivity contribution >= 4 is 5.78 Å². The highest BCUT2D eigenvalue weighted by atomic mass is 16.1. The second-order valence-corrected chi connectivity index (χ2v) is 3.35. The van der Waals surface area contributed by atoms with Crippen LogP contribution < -0.4 is 0 Å². The molecule has 64 valence electrons. The van der Waals surface area contributed by atoms with Crippen LogP contribution in [0.25, 0.3) is 0 Å². The van der Waals surface area contributed by atoms with E-state index in [-0.39, 0.29) is 11.7 Å². The highest BCUT2D eigenvalue weighted by molar-refractivity contribution is 5.78. The molecular formula is C9H12N2O. The number of hydrogen-bond acceptors (Lipinski definition) is 2. The number of aryl methyl sites for hydroxylation is 1. The summed E-state index contributed by atoms with van der Waals surface area (Å²) in [5.74, 6) is 0.480. The number of fused-ring (bicyclic) bond motifs is 1. The predicted molar refractivity (Wildman–Crippen MR) is 44.7 cm³/mol. The number of ketones is 1. The van der Waals surface area contributed by atoms with Crippen LogP contribution in [-0.2, 0) is 17.8 Å². The number of aromatic nitrogens is 2. The van der Waals surface area contributed by atoms with Crippen molar-refractivity contribution in [3.63, 3.8) is 0 Å². The Kier molecular flexibility index (Phi) is 1.71. The Morgan fingerprint density at radius 2 is 2.58 bits per heavy atom. The van der Waals surface area contributed by atoms with Gasteiger partial charge in [0.1, 0.15) is 5.78 Å². The normalized spacial score (nSPS) is 21.9. The highest BCUT2D eigenvalue weighted by Crippen LogP contribution is 2.19. The monoisotopic (exact) mass is 164 g/mol. The van der Waals surface area contributed by atoms with Crippen molar-refractivity contribution in [1.82, 2.24) is 9.78 Å². The van der Waals surface area contributed by atoms with E-state index in [0.29, 0.717) is 0 Å². The maximum absolute atomic E-state index is 11.1. The summed E-state index contributed by atoms with van der Waals surface area (Å²) >= 11 is 0. The van der Waals surface area contributed by atoms with Gasteiger partial charge in [0.15, 0.2) is 0 Å². The fourth-order valence-corrected chi connectivity index (χ4v) is 1.69. The van der Waals surface area contributed by atoms with E-state index >= 15 is 0 Å². The average molecular weight is 164 g/mol. The van der Waals surface area contributed by atoms with Crippen molar-refractivity contribution in [2.75, 3.05) is 0 Å². The Labute approximate surface area is 71.4 Å². The summed E-state index contributed by atoms with van der Waals surface area (Å²) < 4.78 is 1.94. The molecule has 12 heavy (non-hydrogen) atoms. The predicted octanol–water partition coefficient (Wildman–Crippen LogP) is 1.03. The molecule has 1 aliphatic heterocycles. The van der Waals surface area contributed by atoms with Gasteiger partial charge < -0.3 is 0 Å². The van der Waals surface area contributed by atoms with Gasteiger partial charge in [0.2, 0.25) is 0 Å². The van der Waals surface area contributed by atoms with Crippen LogP contribution in [0.15, 0.2) is 12.3 Å². The maximum atomic E-state index is 11.1. The molecule has 1 aliphatic rings. The van der Waals surface area contributed by atoms with Gasteiger partial charge in [0.05, 0.1) is 6.54 Å². The van der Waals surface area contributed by atoms with Gasteiger partial charge in [-0.3, -0.25) is 9.48 Å². The Bertz CT molecular complexity index is 303. The van der Waals surface area contributed by atoms with Gasteiger partial charge in [-0.25, -0.2) is 0 Å². The fourth-order valence-electron chi connectivity index (χ4n) is 1.69. The molecule has 2 rings (SSSR count). The molecule has 0 radical (unpaired) electrons. The van der Waals surface area contributed by atoms with Crippen molar-refractivity contribution in [2.24, 2.45) is 5.92 Å². The first-order valence-corrected chi connectivity index (χ1v) is 4.28. The number of Topliss-reactive ketones (excluding diaryl/α,β-unsaturated/α-hetero) is 1. The molecule has 0 aromatic carbocycles. The zero-order valence-electron chi connectivity index (χ0n) is 7.16. The third kappa shape index (κ3) is 1.15. The van der Waals surface area contributed by atoms with Gasteiger partial charge in [0.25, 0.3) is 0 Å².